The minimum atomic E-state index is 0.740. The van der Waals surface area contributed by atoms with Crippen molar-refractivity contribution in [1.82, 2.24) is 5.32 Å². The summed E-state index contributed by atoms with van der Waals surface area (Å²) in [6.45, 7) is 9.01. The van der Waals surface area contributed by atoms with Crippen LogP contribution in [0.5, 0.6) is 0 Å². The molecular formula is C21H31NO. The maximum atomic E-state index is 5.92. The van der Waals surface area contributed by atoms with Gasteiger partial charge in [0.15, 0.2) is 0 Å². The smallest absolute Gasteiger partial charge is 0.126 e. The van der Waals surface area contributed by atoms with Crippen LogP contribution in [0.15, 0.2) is 48.6 Å². The largest absolute Gasteiger partial charge is 0.493 e. The summed E-state index contributed by atoms with van der Waals surface area (Å²) in [6.07, 6.45) is 10.1. The molecule has 0 bridgehead atoms. The van der Waals surface area contributed by atoms with Gasteiger partial charge in [0.2, 0.25) is 0 Å². The van der Waals surface area contributed by atoms with Crippen molar-refractivity contribution in [1.29, 1.82) is 0 Å². The van der Waals surface area contributed by atoms with E-state index in [9.17, 15) is 0 Å². The molecule has 0 atom stereocenters. The van der Waals surface area contributed by atoms with Crippen molar-refractivity contribution in [3.63, 3.8) is 0 Å². The predicted octanol–water partition coefficient (Wildman–Crippen LogP) is 5.18. The Hall–Kier alpha value is -1.54. The van der Waals surface area contributed by atoms with Crippen LogP contribution in [0, 0.1) is 5.92 Å². The highest BCUT2D eigenvalue weighted by atomic mass is 16.5. The highest BCUT2D eigenvalue weighted by Gasteiger charge is 2.12. The van der Waals surface area contributed by atoms with Crippen LogP contribution in [0.1, 0.15) is 51.0 Å². The van der Waals surface area contributed by atoms with Crippen LogP contribution in [-0.4, -0.2) is 19.7 Å². The molecule has 2 heteroatoms. The van der Waals surface area contributed by atoms with Crippen LogP contribution in [0.4, 0.5) is 0 Å². The minimum Gasteiger partial charge on any atom is -0.493 e. The Bertz CT molecular complexity index is 486. The van der Waals surface area contributed by atoms with Crippen molar-refractivity contribution >= 4 is 5.76 Å². The molecule has 126 valence electrons. The van der Waals surface area contributed by atoms with Gasteiger partial charge in [0.25, 0.3) is 0 Å². The number of hydrogen-bond donors (Lipinski definition) is 1. The van der Waals surface area contributed by atoms with Gasteiger partial charge >= 0.3 is 0 Å². The van der Waals surface area contributed by atoms with Gasteiger partial charge in [0.1, 0.15) is 5.76 Å². The summed E-state index contributed by atoms with van der Waals surface area (Å²) in [5.41, 5.74) is 2.20. The third kappa shape index (κ3) is 6.62. The van der Waals surface area contributed by atoms with E-state index in [1.54, 1.807) is 0 Å². The third-order valence-electron chi connectivity index (χ3n) is 4.37. The monoisotopic (exact) mass is 313 g/mol. The van der Waals surface area contributed by atoms with E-state index in [-0.39, 0.29) is 0 Å². The van der Waals surface area contributed by atoms with Crippen molar-refractivity contribution in [2.24, 2.45) is 5.92 Å². The molecule has 0 heterocycles. The summed E-state index contributed by atoms with van der Waals surface area (Å²) in [6, 6.07) is 10.3. The highest BCUT2D eigenvalue weighted by molar-refractivity contribution is 5.62. The SMILES string of the molecule is C=C(/C=C(\OCCC)c1ccccc1)CNCC1CCCCC1. The fraction of sp³-hybridized carbons (Fsp3) is 0.524. The van der Waals surface area contributed by atoms with Crippen molar-refractivity contribution in [3.8, 4) is 0 Å². The number of rotatable bonds is 9. The normalized spacial score (nSPS) is 16.3. The molecular weight excluding hydrogens is 282 g/mol. The van der Waals surface area contributed by atoms with Gasteiger partial charge in [-0.25, -0.2) is 0 Å². The van der Waals surface area contributed by atoms with Crippen molar-refractivity contribution in [2.75, 3.05) is 19.7 Å². The lowest BCUT2D eigenvalue weighted by atomic mass is 9.89. The molecule has 23 heavy (non-hydrogen) atoms. The van der Waals surface area contributed by atoms with Gasteiger partial charge in [0.05, 0.1) is 6.61 Å². The molecule has 0 saturated heterocycles. The number of ether oxygens (including phenoxy) is 1. The van der Waals surface area contributed by atoms with Crippen LogP contribution in [0.25, 0.3) is 5.76 Å². The average molecular weight is 313 g/mol. The molecule has 0 radical (unpaired) electrons. The van der Waals surface area contributed by atoms with Gasteiger partial charge in [-0.3, -0.25) is 0 Å². The van der Waals surface area contributed by atoms with E-state index in [1.165, 1.54) is 32.1 Å². The average Bonchev–Trinajstić information content (AvgIpc) is 2.60. The zero-order valence-corrected chi connectivity index (χ0v) is 14.5. The maximum absolute atomic E-state index is 5.92. The molecule has 0 amide bonds. The van der Waals surface area contributed by atoms with Gasteiger partial charge in [-0.15, -0.1) is 0 Å². The molecule has 2 rings (SSSR count). The van der Waals surface area contributed by atoms with Gasteiger partial charge in [-0.1, -0.05) is 63.1 Å². The molecule has 0 unspecified atom stereocenters. The zero-order valence-electron chi connectivity index (χ0n) is 14.5. The molecule has 1 fully saturated rings. The van der Waals surface area contributed by atoms with E-state index >= 15 is 0 Å². The first-order valence-corrected chi connectivity index (χ1v) is 9.08. The molecule has 0 aromatic heterocycles. The van der Waals surface area contributed by atoms with Crippen LogP contribution in [-0.2, 0) is 4.74 Å². The molecule has 1 aromatic rings. The molecule has 1 aliphatic rings. The van der Waals surface area contributed by atoms with Crippen molar-refractivity contribution < 1.29 is 4.74 Å². The summed E-state index contributed by atoms with van der Waals surface area (Å²) >= 11 is 0. The molecule has 1 aliphatic carbocycles. The molecule has 2 nitrogen and oxygen atoms in total. The lowest BCUT2D eigenvalue weighted by Crippen LogP contribution is -2.25. The van der Waals surface area contributed by atoms with Crippen LogP contribution >= 0.6 is 0 Å². The summed E-state index contributed by atoms with van der Waals surface area (Å²) in [5, 5.41) is 3.57. The van der Waals surface area contributed by atoms with E-state index in [2.05, 4.69) is 37.0 Å². The van der Waals surface area contributed by atoms with E-state index in [0.29, 0.717) is 0 Å². The van der Waals surface area contributed by atoms with Crippen molar-refractivity contribution in [3.05, 3.63) is 54.1 Å². The van der Waals surface area contributed by atoms with E-state index in [0.717, 1.165) is 48.9 Å². The van der Waals surface area contributed by atoms with Crippen LogP contribution in [0.3, 0.4) is 0 Å². The quantitative estimate of drug-likeness (QED) is 0.501. The fourth-order valence-electron chi connectivity index (χ4n) is 3.09. The second-order valence-electron chi connectivity index (χ2n) is 6.52. The summed E-state index contributed by atoms with van der Waals surface area (Å²) in [4.78, 5) is 0. The van der Waals surface area contributed by atoms with E-state index < -0.39 is 0 Å². The third-order valence-corrected chi connectivity index (χ3v) is 4.37. The van der Waals surface area contributed by atoms with Gasteiger partial charge in [0, 0.05) is 12.1 Å². The number of hydrogen-bond acceptors (Lipinski definition) is 2. The maximum Gasteiger partial charge on any atom is 0.126 e. The topological polar surface area (TPSA) is 21.3 Å². The second kappa shape index (κ2) is 10.3. The molecule has 1 N–H and O–H groups in total. The van der Waals surface area contributed by atoms with E-state index in [1.807, 2.05) is 18.2 Å². The lowest BCUT2D eigenvalue weighted by molar-refractivity contribution is 0.277. The summed E-state index contributed by atoms with van der Waals surface area (Å²) < 4.78 is 5.92. The Morgan fingerprint density at radius 3 is 2.65 bits per heavy atom. The lowest BCUT2D eigenvalue weighted by Gasteiger charge is -2.21. The Balaban J connectivity index is 1.85. The molecule has 0 spiro atoms. The zero-order chi connectivity index (χ0) is 16.3. The highest BCUT2D eigenvalue weighted by Crippen LogP contribution is 2.23. The molecule has 0 aliphatic heterocycles. The Labute approximate surface area is 141 Å². The Kier molecular flexibility index (Phi) is 7.96. The van der Waals surface area contributed by atoms with Crippen molar-refractivity contribution in [2.45, 2.75) is 45.4 Å². The first-order valence-electron chi connectivity index (χ1n) is 9.08. The predicted molar refractivity (Wildman–Crippen MR) is 99.2 cm³/mol. The first kappa shape index (κ1) is 17.8. The number of benzene rings is 1. The van der Waals surface area contributed by atoms with Gasteiger partial charge in [-0.05, 0) is 43.4 Å². The molecule has 1 saturated carbocycles. The standard InChI is InChI=1S/C21H31NO/c1-3-14-23-21(20-12-8-5-9-13-20)15-18(2)16-22-17-19-10-6-4-7-11-19/h5,8-9,12-13,15,19,22H,2-4,6-7,10-11,14,16-17H2,1H3/b21-15-. The summed E-state index contributed by atoms with van der Waals surface area (Å²) in [7, 11) is 0. The minimum absolute atomic E-state index is 0.740. The van der Waals surface area contributed by atoms with Crippen LogP contribution in [0.2, 0.25) is 0 Å². The number of nitrogens with one attached hydrogen (secondary N) is 1. The summed E-state index contributed by atoms with van der Waals surface area (Å²) in [5.74, 6) is 1.78. The van der Waals surface area contributed by atoms with Crippen LogP contribution < -0.4 is 5.32 Å². The Morgan fingerprint density at radius 2 is 1.96 bits per heavy atom. The molecule has 1 aromatic carbocycles. The van der Waals surface area contributed by atoms with Gasteiger partial charge in [-0.2, -0.15) is 0 Å². The van der Waals surface area contributed by atoms with Gasteiger partial charge < -0.3 is 10.1 Å². The first-order chi connectivity index (χ1) is 11.3. The Morgan fingerprint density at radius 1 is 1.22 bits per heavy atom. The fourth-order valence-corrected chi connectivity index (χ4v) is 3.09. The van der Waals surface area contributed by atoms with E-state index in [4.69, 9.17) is 4.74 Å². The second-order valence-corrected chi connectivity index (χ2v) is 6.52.